The Morgan fingerprint density at radius 3 is 2.30 bits per heavy atom. The molecule has 2 nitrogen and oxygen atoms in total. The minimum Gasteiger partial charge on any atom is -0.379 e. The zero-order valence-corrected chi connectivity index (χ0v) is 16.0. The van der Waals surface area contributed by atoms with Crippen molar-refractivity contribution >= 4 is 8.07 Å². The molecule has 23 heavy (non-hydrogen) atoms. The van der Waals surface area contributed by atoms with Crippen molar-refractivity contribution in [3.63, 3.8) is 0 Å². The molecular formula is C20H33NOSi. The first kappa shape index (κ1) is 17.2. The van der Waals surface area contributed by atoms with Gasteiger partial charge < -0.3 is 9.64 Å². The molecule has 2 aliphatic rings. The van der Waals surface area contributed by atoms with Gasteiger partial charge in [-0.2, -0.15) is 0 Å². The van der Waals surface area contributed by atoms with E-state index in [4.69, 9.17) is 4.74 Å². The van der Waals surface area contributed by atoms with Crippen LogP contribution in [-0.4, -0.2) is 45.4 Å². The summed E-state index contributed by atoms with van der Waals surface area (Å²) in [5.74, 6) is 0.830. The first-order valence-corrected chi connectivity index (χ1v) is 12.9. The molecule has 1 aliphatic heterocycles. The van der Waals surface area contributed by atoms with Crippen LogP contribution < -0.4 is 0 Å². The van der Waals surface area contributed by atoms with Crippen molar-refractivity contribution in [3.8, 4) is 0 Å². The van der Waals surface area contributed by atoms with Gasteiger partial charge in [0.15, 0.2) is 0 Å². The average Bonchev–Trinajstić information content (AvgIpc) is 2.56. The Morgan fingerprint density at radius 1 is 1.00 bits per heavy atom. The second-order valence-corrected chi connectivity index (χ2v) is 13.3. The lowest BCUT2D eigenvalue weighted by Gasteiger charge is -2.33. The van der Waals surface area contributed by atoms with Gasteiger partial charge in [0.05, 0.1) is 21.3 Å². The Labute approximate surface area is 143 Å². The SMILES string of the molecule is C[Si](C)(Cc1ccc(C2CCCCC2)cc1)CN1CCOCC1. The number of hydrogen-bond acceptors (Lipinski definition) is 2. The number of benzene rings is 1. The predicted octanol–water partition coefficient (Wildman–Crippen LogP) is 4.40. The fraction of sp³-hybridized carbons (Fsp3) is 0.700. The Balaban J connectivity index is 1.55. The van der Waals surface area contributed by atoms with Crippen molar-refractivity contribution < 1.29 is 4.74 Å². The molecule has 0 amide bonds. The largest absolute Gasteiger partial charge is 0.379 e. The number of ether oxygens (including phenoxy) is 1. The summed E-state index contributed by atoms with van der Waals surface area (Å²) < 4.78 is 5.48. The first-order valence-electron chi connectivity index (χ1n) is 9.51. The van der Waals surface area contributed by atoms with Crippen LogP contribution in [-0.2, 0) is 10.8 Å². The zero-order valence-electron chi connectivity index (χ0n) is 15.0. The maximum Gasteiger partial charge on any atom is 0.0672 e. The lowest BCUT2D eigenvalue weighted by Crippen LogP contribution is -2.48. The van der Waals surface area contributed by atoms with Crippen molar-refractivity contribution in [2.75, 3.05) is 32.5 Å². The quantitative estimate of drug-likeness (QED) is 0.742. The molecule has 0 aromatic heterocycles. The van der Waals surface area contributed by atoms with Gasteiger partial charge >= 0.3 is 0 Å². The molecule has 0 radical (unpaired) electrons. The van der Waals surface area contributed by atoms with Gasteiger partial charge in [0.25, 0.3) is 0 Å². The molecule has 0 bridgehead atoms. The molecule has 1 saturated heterocycles. The molecule has 0 unspecified atom stereocenters. The van der Waals surface area contributed by atoms with Crippen LogP contribution in [0.3, 0.4) is 0 Å². The van der Waals surface area contributed by atoms with E-state index in [2.05, 4.69) is 42.3 Å². The normalized spacial score (nSPS) is 21.5. The number of rotatable bonds is 5. The van der Waals surface area contributed by atoms with E-state index in [1.165, 1.54) is 44.3 Å². The topological polar surface area (TPSA) is 12.5 Å². The molecule has 0 N–H and O–H groups in total. The van der Waals surface area contributed by atoms with Gasteiger partial charge in [0.1, 0.15) is 0 Å². The molecule has 3 heteroatoms. The highest BCUT2D eigenvalue weighted by Crippen LogP contribution is 2.32. The summed E-state index contributed by atoms with van der Waals surface area (Å²) in [6.45, 7) is 9.16. The Kier molecular flexibility index (Phi) is 5.94. The van der Waals surface area contributed by atoms with Gasteiger partial charge in [-0.05, 0) is 36.5 Å². The smallest absolute Gasteiger partial charge is 0.0672 e. The number of morpholine rings is 1. The minimum atomic E-state index is -1.22. The van der Waals surface area contributed by atoms with E-state index in [1.54, 1.807) is 11.1 Å². The second-order valence-electron chi connectivity index (χ2n) is 8.31. The predicted molar refractivity (Wildman–Crippen MR) is 101 cm³/mol. The summed E-state index contributed by atoms with van der Waals surface area (Å²) >= 11 is 0. The number of nitrogens with zero attached hydrogens (tertiary/aromatic N) is 1. The van der Waals surface area contributed by atoms with E-state index in [0.717, 1.165) is 32.2 Å². The maximum atomic E-state index is 5.48. The summed E-state index contributed by atoms with van der Waals surface area (Å²) in [7, 11) is -1.22. The lowest BCUT2D eigenvalue weighted by atomic mass is 9.84. The van der Waals surface area contributed by atoms with Crippen molar-refractivity contribution in [1.29, 1.82) is 0 Å². The van der Waals surface area contributed by atoms with E-state index in [-0.39, 0.29) is 0 Å². The van der Waals surface area contributed by atoms with Crippen LogP contribution in [0, 0.1) is 0 Å². The highest BCUT2D eigenvalue weighted by molar-refractivity contribution is 6.77. The molecule has 0 atom stereocenters. The molecule has 1 aromatic carbocycles. The first-order chi connectivity index (χ1) is 11.1. The second kappa shape index (κ2) is 7.95. The molecular weight excluding hydrogens is 298 g/mol. The maximum absolute atomic E-state index is 5.48. The Bertz CT molecular complexity index is 473. The van der Waals surface area contributed by atoms with Crippen LogP contribution in [0.4, 0.5) is 0 Å². The molecule has 1 aromatic rings. The van der Waals surface area contributed by atoms with Crippen LogP contribution in [0.2, 0.25) is 13.1 Å². The molecule has 3 rings (SSSR count). The van der Waals surface area contributed by atoms with E-state index in [1.807, 2.05) is 0 Å². The van der Waals surface area contributed by atoms with Crippen molar-refractivity contribution in [2.24, 2.45) is 0 Å². The molecule has 2 fully saturated rings. The third-order valence-corrected chi connectivity index (χ3v) is 8.16. The minimum absolute atomic E-state index is 0.830. The zero-order chi connectivity index (χ0) is 16.1. The fourth-order valence-electron chi connectivity index (χ4n) is 4.32. The van der Waals surface area contributed by atoms with Gasteiger partial charge in [0.2, 0.25) is 0 Å². The number of hydrogen-bond donors (Lipinski definition) is 0. The average molecular weight is 332 g/mol. The third-order valence-electron chi connectivity index (χ3n) is 5.49. The van der Waals surface area contributed by atoms with Gasteiger partial charge in [-0.1, -0.05) is 62.2 Å². The summed E-state index contributed by atoms with van der Waals surface area (Å²) in [5.41, 5.74) is 3.13. The van der Waals surface area contributed by atoms with Crippen molar-refractivity contribution in [3.05, 3.63) is 35.4 Å². The van der Waals surface area contributed by atoms with Crippen LogP contribution in [0.25, 0.3) is 0 Å². The highest BCUT2D eigenvalue weighted by Gasteiger charge is 2.26. The lowest BCUT2D eigenvalue weighted by molar-refractivity contribution is 0.0454. The monoisotopic (exact) mass is 331 g/mol. The third kappa shape index (κ3) is 5.17. The standard InChI is InChI=1S/C20H33NOSi/c1-23(2,17-21-12-14-22-15-13-21)16-18-8-10-20(11-9-18)19-6-4-3-5-7-19/h8-11,19H,3-7,12-17H2,1-2H3. The fourth-order valence-corrected chi connectivity index (χ4v) is 7.30. The van der Waals surface area contributed by atoms with E-state index in [9.17, 15) is 0 Å². The van der Waals surface area contributed by atoms with E-state index in [0.29, 0.717) is 0 Å². The summed E-state index contributed by atoms with van der Waals surface area (Å²) in [5, 5.41) is 0. The molecule has 1 aliphatic carbocycles. The van der Waals surface area contributed by atoms with E-state index >= 15 is 0 Å². The van der Waals surface area contributed by atoms with Gasteiger partial charge in [0, 0.05) is 13.1 Å². The molecule has 0 spiro atoms. The summed E-state index contributed by atoms with van der Waals surface area (Å²) in [6, 6.07) is 11.0. The van der Waals surface area contributed by atoms with Crippen molar-refractivity contribution in [2.45, 2.75) is 57.2 Å². The van der Waals surface area contributed by atoms with Crippen LogP contribution in [0.15, 0.2) is 24.3 Å². The van der Waals surface area contributed by atoms with Crippen LogP contribution in [0.5, 0.6) is 0 Å². The van der Waals surface area contributed by atoms with Gasteiger partial charge in [-0.25, -0.2) is 0 Å². The molecule has 1 heterocycles. The molecule has 128 valence electrons. The van der Waals surface area contributed by atoms with Crippen LogP contribution >= 0.6 is 0 Å². The summed E-state index contributed by atoms with van der Waals surface area (Å²) in [4.78, 5) is 2.62. The van der Waals surface area contributed by atoms with Gasteiger partial charge in [-0.3, -0.25) is 0 Å². The van der Waals surface area contributed by atoms with Crippen LogP contribution in [0.1, 0.15) is 49.1 Å². The Morgan fingerprint density at radius 2 is 1.65 bits per heavy atom. The summed E-state index contributed by atoms with van der Waals surface area (Å²) in [6.07, 6.45) is 8.39. The van der Waals surface area contributed by atoms with E-state index < -0.39 is 8.07 Å². The molecule has 1 saturated carbocycles. The van der Waals surface area contributed by atoms with Gasteiger partial charge in [-0.15, -0.1) is 0 Å². The highest BCUT2D eigenvalue weighted by atomic mass is 28.3. The van der Waals surface area contributed by atoms with Crippen molar-refractivity contribution in [1.82, 2.24) is 4.90 Å². The Hall–Kier alpha value is -0.643.